The van der Waals surface area contributed by atoms with Gasteiger partial charge in [-0.05, 0) is 104 Å². The third-order valence-corrected chi connectivity index (χ3v) is 7.78. The van der Waals surface area contributed by atoms with Crippen LogP contribution in [-0.2, 0) is 4.79 Å². The van der Waals surface area contributed by atoms with Crippen LogP contribution in [0.2, 0.25) is 0 Å². The summed E-state index contributed by atoms with van der Waals surface area (Å²) in [5.74, 6) is 2.57. The number of hydrogen-bond donors (Lipinski definition) is 2. The topological polar surface area (TPSA) is 71.8 Å². The maximum Gasteiger partial charge on any atom is 0.226 e. The van der Waals surface area contributed by atoms with Gasteiger partial charge in [-0.25, -0.2) is 0 Å². The molecule has 6 nitrogen and oxygen atoms in total. The molecular weight excluding hydrogens is 418 g/mol. The minimum atomic E-state index is 0.0422. The van der Waals surface area contributed by atoms with Gasteiger partial charge in [-0.3, -0.25) is 4.79 Å². The smallest absolute Gasteiger partial charge is 0.226 e. The van der Waals surface area contributed by atoms with E-state index in [1.54, 1.807) is 4.80 Å². The van der Waals surface area contributed by atoms with Crippen LogP contribution in [-0.4, -0.2) is 26.0 Å². The zero-order valence-electron chi connectivity index (χ0n) is 18.0. The van der Waals surface area contributed by atoms with Crippen molar-refractivity contribution >= 4 is 40.0 Å². The fraction of sp³-hybridized carbons (Fsp3) is 0.440. The number of nitrogens with zero attached hydrogens (tertiary/aromatic N) is 3. The van der Waals surface area contributed by atoms with Crippen molar-refractivity contribution < 1.29 is 4.79 Å². The molecule has 0 spiro atoms. The van der Waals surface area contributed by atoms with Crippen LogP contribution in [0.5, 0.6) is 0 Å². The van der Waals surface area contributed by atoms with Gasteiger partial charge in [0.15, 0.2) is 5.11 Å². The van der Waals surface area contributed by atoms with Crippen molar-refractivity contribution in [3.63, 3.8) is 0 Å². The average molecular weight is 446 g/mol. The standard InChI is InChI=1S/C25H27N5OS/c31-23(15-25-12-16-8-17(13-25)10-18(9-16)14-25)27-24(32)26-19-6-7-21-22(11-19)29-30(28-21)20-4-2-1-3-5-20/h1-7,11,16-18H,8-10,12-15H2,(H2,26,27,31,32). The summed E-state index contributed by atoms with van der Waals surface area (Å²) in [6, 6.07) is 15.5. The second kappa shape index (κ2) is 7.66. The van der Waals surface area contributed by atoms with E-state index in [-0.39, 0.29) is 11.3 Å². The normalized spacial score (nSPS) is 28.1. The molecule has 0 atom stereocenters. The van der Waals surface area contributed by atoms with Gasteiger partial charge in [-0.2, -0.15) is 4.80 Å². The summed E-state index contributed by atoms with van der Waals surface area (Å²) in [5.41, 5.74) is 3.48. The van der Waals surface area contributed by atoms with E-state index in [9.17, 15) is 4.79 Å². The third-order valence-electron chi connectivity index (χ3n) is 7.58. The number of para-hydroxylation sites is 1. The van der Waals surface area contributed by atoms with E-state index in [4.69, 9.17) is 12.2 Å². The Hall–Kier alpha value is -2.80. The van der Waals surface area contributed by atoms with Crippen molar-refractivity contribution in [1.82, 2.24) is 20.3 Å². The van der Waals surface area contributed by atoms with Crippen LogP contribution in [0.4, 0.5) is 5.69 Å². The highest BCUT2D eigenvalue weighted by atomic mass is 32.1. The molecule has 7 heteroatoms. The van der Waals surface area contributed by atoms with Crippen molar-refractivity contribution in [2.45, 2.75) is 44.9 Å². The van der Waals surface area contributed by atoms with E-state index < -0.39 is 0 Å². The summed E-state index contributed by atoms with van der Waals surface area (Å²) in [6.45, 7) is 0. The Labute approximate surface area is 192 Å². The Bertz CT molecular complexity index is 1150. The molecule has 0 aliphatic heterocycles. The molecular formula is C25H27N5OS. The number of thiocarbonyl (C=S) groups is 1. The average Bonchev–Trinajstić information content (AvgIpc) is 3.16. The van der Waals surface area contributed by atoms with Crippen LogP contribution in [0.25, 0.3) is 16.7 Å². The van der Waals surface area contributed by atoms with Gasteiger partial charge >= 0.3 is 0 Å². The molecule has 2 N–H and O–H groups in total. The highest BCUT2D eigenvalue weighted by Gasteiger charge is 2.51. The summed E-state index contributed by atoms with van der Waals surface area (Å²) in [5, 5.41) is 15.5. The van der Waals surface area contributed by atoms with Crippen LogP contribution in [0.1, 0.15) is 44.9 Å². The molecule has 32 heavy (non-hydrogen) atoms. The largest absolute Gasteiger partial charge is 0.332 e. The molecule has 4 aliphatic carbocycles. The number of aromatic nitrogens is 3. The molecule has 1 amide bonds. The first kappa shape index (κ1) is 19.9. The van der Waals surface area contributed by atoms with Crippen LogP contribution >= 0.6 is 12.2 Å². The predicted octanol–water partition coefficient (Wildman–Crippen LogP) is 4.84. The molecule has 0 unspecified atom stereocenters. The highest BCUT2D eigenvalue weighted by Crippen LogP contribution is 2.61. The second-order valence-corrected chi connectivity index (χ2v) is 10.5. The maximum absolute atomic E-state index is 12.8. The monoisotopic (exact) mass is 445 g/mol. The molecule has 4 fully saturated rings. The Balaban J connectivity index is 1.10. The van der Waals surface area contributed by atoms with Crippen LogP contribution in [0.3, 0.4) is 0 Å². The second-order valence-electron chi connectivity index (χ2n) is 10.1. The van der Waals surface area contributed by atoms with Gasteiger partial charge in [0.1, 0.15) is 11.0 Å². The molecule has 4 saturated carbocycles. The van der Waals surface area contributed by atoms with Crippen molar-refractivity contribution in [2.24, 2.45) is 23.2 Å². The lowest BCUT2D eigenvalue weighted by Crippen LogP contribution is -2.48. The summed E-state index contributed by atoms with van der Waals surface area (Å²) in [4.78, 5) is 14.5. The van der Waals surface area contributed by atoms with Crippen molar-refractivity contribution in [3.05, 3.63) is 48.5 Å². The molecule has 1 aromatic heterocycles. The minimum absolute atomic E-state index is 0.0422. The molecule has 1 heterocycles. The van der Waals surface area contributed by atoms with Gasteiger partial charge in [0.05, 0.1) is 5.69 Å². The van der Waals surface area contributed by atoms with E-state index in [0.29, 0.717) is 11.5 Å². The number of benzene rings is 2. The van der Waals surface area contributed by atoms with E-state index in [1.807, 2.05) is 48.5 Å². The number of amides is 1. The Kier molecular flexibility index (Phi) is 4.75. The number of fused-ring (bicyclic) bond motifs is 1. The van der Waals surface area contributed by atoms with Gasteiger partial charge in [0.2, 0.25) is 5.91 Å². The van der Waals surface area contributed by atoms with E-state index in [0.717, 1.165) is 40.2 Å². The maximum atomic E-state index is 12.8. The van der Waals surface area contributed by atoms with Gasteiger partial charge in [-0.1, -0.05) is 18.2 Å². The lowest BCUT2D eigenvalue weighted by molar-refractivity contribution is -0.127. The zero-order valence-corrected chi connectivity index (χ0v) is 18.8. The van der Waals surface area contributed by atoms with Crippen molar-refractivity contribution in [1.29, 1.82) is 0 Å². The van der Waals surface area contributed by atoms with Crippen molar-refractivity contribution in [3.8, 4) is 5.69 Å². The predicted molar refractivity (Wildman–Crippen MR) is 128 cm³/mol. The molecule has 4 bridgehead atoms. The molecule has 164 valence electrons. The Morgan fingerprint density at radius 2 is 1.62 bits per heavy atom. The van der Waals surface area contributed by atoms with Crippen LogP contribution < -0.4 is 10.6 Å². The number of anilines is 1. The van der Waals surface area contributed by atoms with Crippen molar-refractivity contribution in [2.75, 3.05) is 5.32 Å². The first-order valence-corrected chi connectivity index (χ1v) is 12.0. The number of nitrogens with one attached hydrogen (secondary N) is 2. The third kappa shape index (κ3) is 3.79. The van der Waals surface area contributed by atoms with Crippen LogP contribution in [0.15, 0.2) is 48.5 Å². The lowest BCUT2D eigenvalue weighted by atomic mass is 9.49. The van der Waals surface area contributed by atoms with Gasteiger partial charge in [-0.15, -0.1) is 10.2 Å². The minimum Gasteiger partial charge on any atom is -0.332 e. The SMILES string of the molecule is O=C(CC12CC3CC(CC(C3)C1)C2)NC(=S)Nc1ccc2nn(-c3ccccc3)nc2c1. The van der Waals surface area contributed by atoms with E-state index in [2.05, 4.69) is 20.8 Å². The van der Waals surface area contributed by atoms with E-state index >= 15 is 0 Å². The highest BCUT2D eigenvalue weighted by molar-refractivity contribution is 7.80. The van der Waals surface area contributed by atoms with Gasteiger partial charge < -0.3 is 10.6 Å². The fourth-order valence-corrected chi connectivity index (χ4v) is 7.08. The van der Waals surface area contributed by atoms with E-state index in [1.165, 1.54) is 38.5 Å². The summed E-state index contributed by atoms with van der Waals surface area (Å²) in [7, 11) is 0. The molecule has 0 radical (unpaired) electrons. The van der Waals surface area contributed by atoms with Gasteiger partial charge in [0.25, 0.3) is 0 Å². The molecule has 0 saturated heterocycles. The Morgan fingerprint density at radius 3 is 2.31 bits per heavy atom. The number of carbonyl (C=O) groups excluding carboxylic acids is 1. The van der Waals surface area contributed by atoms with Crippen LogP contribution in [0, 0.1) is 23.2 Å². The quantitative estimate of drug-likeness (QED) is 0.562. The Morgan fingerprint density at radius 1 is 0.969 bits per heavy atom. The molecule has 3 aromatic rings. The lowest BCUT2D eigenvalue weighted by Gasteiger charge is -2.56. The molecule has 2 aromatic carbocycles. The summed E-state index contributed by atoms with van der Waals surface area (Å²) < 4.78 is 0. The van der Waals surface area contributed by atoms with Gasteiger partial charge in [0, 0.05) is 12.1 Å². The summed E-state index contributed by atoms with van der Waals surface area (Å²) >= 11 is 5.44. The fourth-order valence-electron chi connectivity index (χ4n) is 6.85. The zero-order chi connectivity index (χ0) is 21.7. The molecule has 4 aliphatic rings. The number of rotatable bonds is 4. The number of carbonyl (C=O) groups is 1. The first-order chi connectivity index (χ1) is 15.5. The summed E-state index contributed by atoms with van der Waals surface area (Å²) in [6.07, 6.45) is 8.43. The number of hydrogen-bond acceptors (Lipinski definition) is 4. The first-order valence-electron chi connectivity index (χ1n) is 11.6. The molecule has 7 rings (SSSR count).